The summed E-state index contributed by atoms with van der Waals surface area (Å²) in [5.41, 5.74) is 2.03. The van der Waals surface area contributed by atoms with Crippen molar-refractivity contribution in [3.8, 4) is 17.2 Å². The summed E-state index contributed by atoms with van der Waals surface area (Å²) in [6.07, 6.45) is 0.261. The second-order valence-electron chi connectivity index (χ2n) is 6.52. The van der Waals surface area contributed by atoms with Crippen molar-refractivity contribution < 1.29 is 19.0 Å². The Morgan fingerprint density at radius 1 is 0.929 bits per heavy atom. The van der Waals surface area contributed by atoms with E-state index in [1.54, 1.807) is 6.92 Å². The maximum absolute atomic E-state index is 12.6. The summed E-state index contributed by atoms with van der Waals surface area (Å²) in [5.74, 6) is 1.98. The average Bonchev–Trinajstić information content (AvgIpc) is 2.69. The van der Waals surface area contributed by atoms with Crippen LogP contribution in [0.1, 0.15) is 51.8 Å². The van der Waals surface area contributed by atoms with Gasteiger partial charge < -0.3 is 19.5 Å². The Hall–Kier alpha value is -2.69. The van der Waals surface area contributed by atoms with E-state index in [-0.39, 0.29) is 11.9 Å². The SMILES string of the molecule is CCOc1ccc([C@H](C)NC(=O)[C@H](C)Oc2ccccc2CC)cc1OCC. The largest absolute Gasteiger partial charge is 0.490 e. The summed E-state index contributed by atoms with van der Waals surface area (Å²) in [4.78, 5) is 12.6. The number of hydrogen-bond acceptors (Lipinski definition) is 4. The summed E-state index contributed by atoms with van der Waals surface area (Å²) in [6, 6.07) is 13.3. The number of para-hydroxylation sites is 1. The lowest BCUT2D eigenvalue weighted by Crippen LogP contribution is -2.37. The standard InChI is InChI=1S/C23H31NO4/c1-6-18-11-9-10-12-20(18)28-17(5)23(25)24-16(4)19-13-14-21(26-7-2)22(15-19)27-8-3/h9-17H,6-8H2,1-5H3,(H,24,25)/t16-,17-/m0/s1. The van der Waals surface area contributed by atoms with Crippen molar-refractivity contribution in [2.45, 2.75) is 53.2 Å². The third-order valence-electron chi connectivity index (χ3n) is 4.45. The predicted molar refractivity (Wildman–Crippen MR) is 111 cm³/mol. The van der Waals surface area contributed by atoms with Gasteiger partial charge in [-0.2, -0.15) is 0 Å². The molecule has 5 nitrogen and oxygen atoms in total. The fourth-order valence-electron chi connectivity index (χ4n) is 2.91. The molecule has 1 N–H and O–H groups in total. The van der Waals surface area contributed by atoms with E-state index in [4.69, 9.17) is 14.2 Å². The number of ether oxygens (including phenoxy) is 3. The number of aryl methyl sites for hydroxylation is 1. The molecule has 0 bridgehead atoms. The molecule has 0 fully saturated rings. The van der Waals surface area contributed by atoms with Crippen molar-refractivity contribution in [2.75, 3.05) is 13.2 Å². The zero-order valence-corrected chi connectivity index (χ0v) is 17.5. The molecule has 1 amide bonds. The molecule has 0 spiro atoms. The maximum Gasteiger partial charge on any atom is 0.261 e. The van der Waals surface area contributed by atoms with E-state index in [0.717, 1.165) is 23.3 Å². The Morgan fingerprint density at radius 3 is 2.29 bits per heavy atom. The second-order valence-corrected chi connectivity index (χ2v) is 6.52. The Bertz CT molecular complexity index is 775. The minimum Gasteiger partial charge on any atom is -0.490 e. The number of nitrogens with one attached hydrogen (secondary N) is 1. The molecule has 0 aliphatic carbocycles. The second kappa shape index (κ2) is 10.6. The monoisotopic (exact) mass is 385 g/mol. The van der Waals surface area contributed by atoms with E-state index in [0.29, 0.717) is 24.7 Å². The Morgan fingerprint density at radius 2 is 1.61 bits per heavy atom. The average molecular weight is 386 g/mol. The molecule has 2 aromatic carbocycles. The molecule has 0 aromatic heterocycles. The molecule has 0 aliphatic rings. The van der Waals surface area contributed by atoms with Crippen LogP contribution >= 0.6 is 0 Å². The highest BCUT2D eigenvalue weighted by molar-refractivity contribution is 5.81. The zero-order valence-electron chi connectivity index (χ0n) is 17.5. The molecule has 28 heavy (non-hydrogen) atoms. The molecular formula is C23H31NO4. The lowest BCUT2D eigenvalue weighted by molar-refractivity contribution is -0.127. The Labute approximate surface area is 168 Å². The van der Waals surface area contributed by atoms with Gasteiger partial charge in [-0.1, -0.05) is 31.2 Å². The van der Waals surface area contributed by atoms with Gasteiger partial charge in [-0.15, -0.1) is 0 Å². The number of carbonyl (C=O) groups is 1. The molecular weight excluding hydrogens is 354 g/mol. The quantitative estimate of drug-likeness (QED) is 0.644. The molecule has 5 heteroatoms. The van der Waals surface area contributed by atoms with Crippen molar-refractivity contribution in [3.63, 3.8) is 0 Å². The van der Waals surface area contributed by atoms with Crippen LogP contribution in [0.25, 0.3) is 0 Å². The molecule has 0 saturated heterocycles. The fourth-order valence-corrected chi connectivity index (χ4v) is 2.91. The topological polar surface area (TPSA) is 56.8 Å². The first-order valence-corrected chi connectivity index (χ1v) is 9.94. The highest BCUT2D eigenvalue weighted by atomic mass is 16.5. The minimum atomic E-state index is -0.593. The first-order chi connectivity index (χ1) is 13.5. The number of hydrogen-bond donors (Lipinski definition) is 1. The van der Waals surface area contributed by atoms with Crippen LogP contribution in [0, 0.1) is 0 Å². The van der Waals surface area contributed by atoms with Gasteiger partial charge in [0.05, 0.1) is 19.3 Å². The number of benzene rings is 2. The van der Waals surface area contributed by atoms with Crippen LogP contribution in [-0.2, 0) is 11.2 Å². The third kappa shape index (κ3) is 5.65. The third-order valence-corrected chi connectivity index (χ3v) is 4.45. The number of carbonyl (C=O) groups excluding carboxylic acids is 1. The number of amides is 1. The lowest BCUT2D eigenvalue weighted by atomic mass is 10.1. The van der Waals surface area contributed by atoms with Crippen molar-refractivity contribution in [3.05, 3.63) is 53.6 Å². The smallest absolute Gasteiger partial charge is 0.261 e. The maximum atomic E-state index is 12.6. The molecule has 0 unspecified atom stereocenters. The van der Waals surface area contributed by atoms with Crippen LogP contribution in [0.3, 0.4) is 0 Å². The van der Waals surface area contributed by atoms with Crippen LogP contribution < -0.4 is 19.5 Å². The number of rotatable bonds is 10. The minimum absolute atomic E-state index is 0.162. The first kappa shape index (κ1) is 21.6. The van der Waals surface area contributed by atoms with E-state index >= 15 is 0 Å². The zero-order chi connectivity index (χ0) is 20.5. The van der Waals surface area contributed by atoms with Crippen LogP contribution in [0.2, 0.25) is 0 Å². The van der Waals surface area contributed by atoms with E-state index in [2.05, 4.69) is 12.2 Å². The molecule has 2 atom stereocenters. The molecule has 152 valence electrons. The molecule has 2 rings (SSSR count). The summed E-state index contributed by atoms with van der Waals surface area (Å²) >= 11 is 0. The predicted octanol–water partition coefficient (Wildman–Crippen LogP) is 4.69. The van der Waals surface area contributed by atoms with Gasteiger partial charge >= 0.3 is 0 Å². The van der Waals surface area contributed by atoms with E-state index in [1.165, 1.54) is 0 Å². The van der Waals surface area contributed by atoms with Crippen LogP contribution in [-0.4, -0.2) is 25.2 Å². The van der Waals surface area contributed by atoms with Gasteiger partial charge in [0, 0.05) is 0 Å². The van der Waals surface area contributed by atoms with Gasteiger partial charge in [-0.05, 0) is 63.4 Å². The van der Waals surface area contributed by atoms with Crippen molar-refractivity contribution in [2.24, 2.45) is 0 Å². The van der Waals surface area contributed by atoms with Crippen LogP contribution in [0.15, 0.2) is 42.5 Å². The van der Waals surface area contributed by atoms with Gasteiger partial charge in [0.2, 0.25) is 0 Å². The molecule has 0 saturated carbocycles. The summed E-state index contributed by atoms with van der Waals surface area (Å²) in [6.45, 7) is 10.8. The highest BCUT2D eigenvalue weighted by Crippen LogP contribution is 2.30. The lowest BCUT2D eigenvalue weighted by Gasteiger charge is -2.21. The van der Waals surface area contributed by atoms with Gasteiger partial charge in [0.1, 0.15) is 5.75 Å². The van der Waals surface area contributed by atoms with Crippen molar-refractivity contribution >= 4 is 5.91 Å². The molecule has 0 radical (unpaired) electrons. The van der Waals surface area contributed by atoms with Crippen LogP contribution in [0.5, 0.6) is 17.2 Å². The van der Waals surface area contributed by atoms with E-state index in [9.17, 15) is 4.79 Å². The highest BCUT2D eigenvalue weighted by Gasteiger charge is 2.19. The molecule has 0 heterocycles. The van der Waals surface area contributed by atoms with Crippen molar-refractivity contribution in [1.29, 1.82) is 0 Å². The van der Waals surface area contributed by atoms with Crippen LogP contribution in [0.4, 0.5) is 0 Å². The van der Waals surface area contributed by atoms with Gasteiger partial charge in [-0.3, -0.25) is 4.79 Å². The Kier molecular flexibility index (Phi) is 8.18. The fraction of sp³-hybridized carbons (Fsp3) is 0.435. The summed E-state index contributed by atoms with van der Waals surface area (Å²) < 4.78 is 17.2. The first-order valence-electron chi connectivity index (χ1n) is 9.94. The molecule has 2 aromatic rings. The van der Waals surface area contributed by atoms with Crippen molar-refractivity contribution in [1.82, 2.24) is 5.32 Å². The summed E-state index contributed by atoms with van der Waals surface area (Å²) in [5, 5.41) is 3.01. The van der Waals surface area contributed by atoms with E-state index in [1.807, 2.05) is 63.2 Å². The summed E-state index contributed by atoms with van der Waals surface area (Å²) in [7, 11) is 0. The van der Waals surface area contributed by atoms with Gasteiger partial charge in [0.15, 0.2) is 17.6 Å². The van der Waals surface area contributed by atoms with E-state index < -0.39 is 6.10 Å². The Balaban J connectivity index is 2.05. The van der Waals surface area contributed by atoms with Gasteiger partial charge in [-0.25, -0.2) is 0 Å². The van der Waals surface area contributed by atoms with Gasteiger partial charge in [0.25, 0.3) is 5.91 Å². The molecule has 0 aliphatic heterocycles. The normalized spacial score (nSPS) is 12.8.